The lowest BCUT2D eigenvalue weighted by Gasteiger charge is -2.10. The van der Waals surface area contributed by atoms with Crippen molar-refractivity contribution >= 4 is 16.9 Å². The van der Waals surface area contributed by atoms with Gasteiger partial charge in [-0.2, -0.15) is 0 Å². The Morgan fingerprint density at radius 3 is 2.53 bits per heavy atom. The van der Waals surface area contributed by atoms with Crippen LogP contribution in [0.3, 0.4) is 0 Å². The molecule has 0 atom stereocenters. The van der Waals surface area contributed by atoms with Crippen LogP contribution in [0, 0.1) is 6.92 Å². The molecule has 2 heterocycles. The summed E-state index contributed by atoms with van der Waals surface area (Å²) in [7, 11) is 3.96. The fourth-order valence-corrected chi connectivity index (χ4v) is 2.12. The third-order valence-electron chi connectivity index (χ3n) is 3.09. The molecule has 0 unspecified atom stereocenters. The molecule has 2 aromatic heterocycles. The van der Waals surface area contributed by atoms with E-state index < -0.39 is 0 Å². The molecule has 95 valence electrons. The SMILES string of the molecule is [CH2]c1ccc(-c2cc3c(N(C)C)ncnc3[nH]2)cc1. The highest BCUT2D eigenvalue weighted by Gasteiger charge is 2.10. The van der Waals surface area contributed by atoms with E-state index in [4.69, 9.17) is 0 Å². The summed E-state index contributed by atoms with van der Waals surface area (Å²) in [5, 5.41) is 1.03. The minimum absolute atomic E-state index is 0.854. The number of aromatic nitrogens is 3. The van der Waals surface area contributed by atoms with E-state index in [-0.39, 0.29) is 0 Å². The van der Waals surface area contributed by atoms with Gasteiger partial charge in [0.05, 0.1) is 5.39 Å². The first kappa shape index (κ1) is 11.7. The molecule has 19 heavy (non-hydrogen) atoms. The number of H-pyrrole nitrogens is 1. The Morgan fingerprint density at radius 2 is 1.84 bits per heavy atom. The lowest BCUT2D eigenvalue weighted by Crippen LogP contribution is -2.10. The molecule has 1 radical (unpaired) electrons. The van der Waals surface area contributed by atoms with Gasteiger partial charge >= 0.3 is 0 Å². The van der Waals surface area contributed by atoms with Crippen LogP contribution in [0.5, 0.6) is 0 Å². The quantitative estimate of drug-likeness (QED) is 0.761. The molecule has 4 nitrogen and oxygen atoms in total. The number of rotatable bonds is 2. The zero-order valence-corrected chi connectivity index (χ0v) is 11.0. The Kier molecular flexibility index (Phi) is 2.71. The lowest BCUT2D eigenvalue weighted by molar-refractivity contribution is 1.06. The van der Waals surface area contributed by atoms with Crippen LogP contribution in [0.4, 0.5) is 5.82 Å². The molecule has 0 amide bonds. The molecule has 1 N–H and O–H groups in total. The monoisotopic (exact) mass is 251 g/mol. The van der Waals surface area contributed by atoms with Crippen molar-refractivity contribution in [3.8, 4) is 11.3 Å². The third kappa shape index (κ3) is 2.05. The van der Waals surface area contributed by atoms with Gasteiger partial charge in [0, 0.05) is 19.8 Å². The number of aromatic amines is 1. The second-order valence-electron chi connectivity index (χ2n) is 4.73. The number of anilines is 1. The topological polar surface area (TPSA) is 44.8 Å². The van der Waals surface area contributed by atoms with Crippen LogP contribution < -0.4 is 4.90 Å². The number of nitrogens with zero attached hydrogens (tertiary/aromatic N) is 3. The molecule has 3 aromatic rings. The molecule has 1 aromatic carbocycles. The van der Waals surface area contributed by atoms with Crippen molar-refractivity contribution in [2.24, 2.45) is 0 Å². The number of hydrogen-bond donors (Lipinski definition) is 1. The standard InChI is InChI=1S/C15H15N4/c1-10-4-6-11(7-5-10)13-8-12-14(18-13)16-9-17-15(12)19(2)3/h4-9H,1H2,2-3H3,(H,16,17,18). The van der Waals surface area contributed by atoms with Crippen molar-refractivity contribution in [1.82, 2.24) is 15.0 Å². The van der Waals surface area contributed by atoms with Gasteiger partial charge in [0.25, 0.3) is 0 Å². The number of benzene rings is 1. The molecule has 0 aliphatic carbocycles. The predicted octanol–water partition coefficient (Wildman–Crippen LogP) is 2.87. The highest BCUT2D eigenvalue weighted by Crippen LogP contribution is 2.27. The fraction of sp³-hybridized carbons (Fsp3) is 0.133. The van der Waals surface area contributed by atoms with Crippen LogP contribution in [-0.2, 0) is 0 Å². The van der Waals surface area contributed by atoms with Gasteiger partial charge in [0.15, 0.2) is 0 Å². The van der Waals surface area contributed by atoms with Crippen molar-refractivity contribution in [1.29, 1.82) is 0 Å². The normalized spacial score (nSPS) is 10.9. The van der Waals surface area contributed by atoms with E-state index in [1.54, 1.807) is 6.33 Å². The van der Waals surface area contributed by atoms with Gasteiger partial charge < -0.3 is 9.88 Å². The van der Waals surface area contributed by atoms with Crippen LogP contribution in [0.2, 0.25) is 0 Å². The Labute approximate surface area is 112 Å². The third-order valence-corrected chi connectivity index (χ3v) is 3.09. The van der Waals surface area contributed by atoms with Gasteiger partial charge in [-0.15, -0.1) is 0 Å². The highest BCUT2D eigenvalue weighted by molar-refractivity contribution is 5.91. The summed E-state index contributed by atoms with van der Waals surface area (Å²) in [5.41, 5.74) is 4.02. The molecular formula is C15H15N4. The van der Waals surface area contributed by atoms with Gasteiger partial charge in [-0.1, -0.05) is 24.3 Å². The zero-order chi connectivity index (χ0) is 13.4. The van der Waals surface area contributed by atoms with Crippen LogP contribution in [0.25, 0.3) is 22.3 Å². The van der Waals surface area contributed by atoms with Gasteiger partial charge in [0.1, 0.15) is 17.8 Å². The Hall–Kier alpha value is -2.36. The molecule has 0 saturated carbocycles. The summed E-state index contributed by atoms with van der Waals surface area (Å²) in [6, 6.07) is 10.2. The minimum atomic E-state index is 0.854. The van der Waals surface area contributed by atoms with Crippen LogP contribution in [0.1, 0.15) is 5.56 Å². The predicted molar refractivity (Wildman–Crippen MR) is 78.1 cm³/mol. The average Bonchev–Trinajstić information content (AvgIpc) is 2.82. The van der Waals surface area contributed by atoms with E-state index in [1.165, 1.54) is 0 Å². The van der Waals surface area contributed by atoms with E-state index in [0.29, 0.717) is 0 Å². The van der Waals surface area contributed by atoms with Crippen molar-refractivity contribution in [2.75, 3.05) is 19.0 Å². The molecule has 4 heteroatoms. The molecule has 0 aliphatic rings. The van der Waals surface area contributed by atoms with Crippen molar-refractivity contribution in [3.63, 3.8) is 0 Å². The largest absolute Gasteiger partial charge is 0.362 e. The molecular weight excluding hydrogens is 236 g/mol. The zero-order valence-electron chi connectivity index (χ0n) is 11.0. The number of nitrogens with one attached hydrogen (secondary N) is 1. The smallest absolute Gasteiger partial charge is 0.143 e. The van der Waals surface area contributed by atoms with Crippen molar-refractivity contribution in [2.45, 2.75) is 0 Å². The molecule has 0 saturated heterocycles. The van der Waals surface area contributed by atoms with Crippen LogP contribution in [0.15, 0.2) is 36.7 Å². The van der Waals surface area contributed by atoms with E-state index >= 15 is 0 Å². The maximum Gasteiger partial charge on any atom is 0.143 e. The first-order valence-electron chi connectivity index (χ1n) is 6.08. The molecule has 0 spiro atoms. The maximum absolute atomic E-state index is 4.31. The first-order chi connectivity index (χ1) is 9.15. The van der Waals surface area contributed by atoms with Gasteiger partial charge in [0.2, 0.25) is 0 Å². The van der Waals surface area contributed by atoms with Crippen LogP contribution >= 0.6 is 0 Å². The van der Waals surface area contributed by atoms with Crippen LogP contribution in [-0.4, -0.2) is 29.0 Å². The summed E-state index contributed by atoms with van der Waals surface area (Å²) in [5.74, 6) is 0.918. The Bertz CT molecular complexity index is 711. The van der Waals surface area contributed by atoms with Crippen molar-refractivity contribution in [3.05, 3.63) is 49.1 Å². The molecule has 3 rings (SSSR count). The van der Waals surface area contributed by atoms with Crippen molar-refractivity contribution < 1.29 is 0 Å². The summed E-state index contributed by atoms with van der Waals surface area (Å²) in [4.78, 5) is 13.9. The van der Waals surface area contributed by atoms with Gasteiger partial charge in [-0.25, -0.2) is 9.97 Å². The minimum Gasteiger partial charge on any atom is -0.362 e. The van der Waals surface area contributed by atoms with E-state index in [2.05, 4.69) is 40.1 Å². The lowest BCUT2D eigenvalue weighted by atomic mass is 10.1. The van der Waals surface area contributed by atoms with E-state index in [1.807, 2.05) is 31.1 Å². The molecule has 0 bridgehead atoms. The molecule has 0 aliphatic heterocycles. The summed E-state index contributed by atoms with van der Waals surface area (Å²) in [6.45, 7) is 3.90. The van der Waals surface area contributed by atoms with E-state index in [9.17, 15) is 0 Å². The first-order valence-corrected chi connectivity index (χ1v) is 6.08. The number of hydrogen-bond acceptors (Lipinski definition) is 3. The summed E-state index contributed by atoms with van der Waals surface area (Å²) >= 11 is 0. The summed E-state index contributed by atoms with van der Waals surface area (Å²) in [6.07, 6.45) is 1.58. The second kappa shape index (κ2) is 4.39. The maximum atomic E-state index is 4.31. The fourth-order valence-electron chi connectivity index (χ4n) is 2.12. The Morgan fingerprint density at radius 1 is 1.11 bits per heavy atom. The van der Waals surface area contributed by atoms with Gasteiger partial charge in [-0.3, -0.25) is 0 Å². The summed E-state index contributed by atoms with van der Waals surface area (Å²) < 4.78 is 0. The Balaban J connectivity index is 2.16. The average molecular weight is 251 g/mol. The number of fused-ring (bicyclic) bond motifs is 1. The second-order valence-corrected chi connectivity index (χ2v) is 4.73. The van der Waals surface area contributed by atoms with E-state index in [0.717, 1.165) is 33.7 Å². The highest BCUT2D eigenvalue weighted by atomic mass is 15.1. The van der Waals surface area contributed by atoms with Gasteiger partial charge in [-0.05, 0) is 24.1 Å². The molecule has 0 fully saturated rings.